The van der Waals surface area contributed by atoms with Gasteiger partial charge in [-0.3, -0.25) is 4.79 Å². The number of ether oxygens (including phenoxy) is 1. The van der Waals surface area contributed by atoms with E-state index in [1.165, 1.54) is 14.2 Å². The van der Waals surface area contributed by atoms with Gasteiger partial charge in [0.1, 0.15) is 5.25 Å². The van der Waals surface area contributed by atoms with Crippen molar-refractivity contribution in [1.29, 1.82) is 0 Å². The Morgan fingerprint density at radius 1 is 1.24 bits per heavy atom. The Morgan fingerprint density at radius 2 is 1.81 bits per heavy atom. The van der Waals surface area contributed by atoms with Crippen molar-refractivity contribution in [2.75, 3.05) is 20.8 Å². The molecule has 0 fully saturated rings. The highest BCUT2D eigenvalue weighted by atomic mass is 32.9. The normalized spacial score (nSPS) is 12.9. The first-order valence-corrected chi connectivity index (χ1v) is 10.1. The van der Waals surface area contributed by atoms with Crippen molar-refractivity contribution in [2.45, 2.75) is 12.2 Å². The van der Waals surface area contributed by atoms with E-state index in [2.05, 4.69) is 9.78 Å². The molecule has 9 heteroatoms. The van der Waals surface area contributed by atoms with Crippen molar-refractivity contribution < 1.29 is 28.7 Å². The number of rotatable bonds is 9. The van der Waals surface area contributed by atoms with Gasteiger partial charge in [0.15, 0.2) is 0 Å². The van der Waals surface area contributed by atoms with Crippen molar-refractivity contribution >= 4 is 34.9 Å². The van der Waals surface area contributed by atoms with Crippen LogP contribution >= 0.6 is 17.1 Å². The van der Waals surface area contributed by atoms with Gasteiger partial charge in [0, 0.05) is 0 Å². The maximum Gasteiger partial charge on any atom is 0.324 e. The van der Waals surface area contributed by atoms with Crippen molar-refractivity contribution in [3.8, 4) is 0 Å². The maximum atomic E-state index is 12.2. The fourth-order valence-electron chi connectivity index (χ4n) is 1.44. The first kappa shape index (κ1) is 18.6. The molecule has 1 aromatic rings. The molecular formula is C12H17O6PS2. The van der Waals surface area contributed by atoms with E-state index in [9.17, 15) is 4.79 Å². The smallest absolute Gasteiger partial charge is 0.324 e. The molecule has 0 aliphatic carbocycles. The molecule has 1 unspecified atom stereocenters. The van der Waals surface area contributed by atoms with E-state index < -0.39 is 16.9 Å². The summed E-state index contributed by atoms with van der Waals surface area (Å²) in [5, 5.41) is -0.692. The monoisotopic (exact) mass is 352 g/mol. The lowest BCUT2D eigenvalue weighted by molar-refractivity contribution is -0.227. The summed E-state index contributed by atoms with van der Waals surface area (Å²) in [7, 11) is 2.62. The third-order valence-electron chi connectivity index (χ3n) is 2.17. The fraction of sp³-hybridized carbons (Fsp3) is 0.417. The molecule has 0 spiro atoms. The van der Waals surface area contributed by atoms with Gasteiger partial charge in [-0.15, -0.1) is 0 Å². The standard InChI is InChI=1S/C12H17O6PS2/c1-4-16-12(13)11(10-8-6-5-7-9-10)21-19(20,17-14-2)18-15-3/h5-9,11H,4H2,1-3H3. The molecule has 21 heavy (non-hydrogen) atoms. The lowest BCUT2D eigenvalue weighted by Gasteiger charge is -2.22. The molecule has 0 saturated heterocycles. The minimum Gasteiger partial charge on any atom is -0.465 e. The Morgan fingerprint density at radius 3 is 2.29 bits per heavy atom. The van der Waals surface area contributed by atoms with Gasteiger partial charge >= 0.3 is 11.7 Å². The van der Waals surface area contributed by atoms with E-state index in [4.69, 9.17) is 25.9 Å². The summed E-state index contributed by atoms with van der Waals surface area (Å²) >= 11 is 6.25. The van der Waals surface area contributed by atoms with Crippen LogP contribution in [0.4, 0.5) is 0 Å². The van der Waals surface area contributed by atoms with Crippen LogP contribution in [0.15, 0.2) is 30.3 Å². The molecule has 118 valence electrons. The van der Waals surface area contributed by atoms with E-state index in [0.29, 0.717) is 0 Å². The van der Waals surface area contributed by atoms with Crippen LogP contribution in [0, 0.1) is 0 Å². The van der Waals surface area contributed by atoms with Crippen LogP contribution in [0.2, 0.25) is 0 Å². The second-order valence-corrected chi connectivity index (χ2v) is 9.66. The van der Waals surface area contributed by atoms with Gasteiger partial charge in [-0.2, -0.15) is 9.35 Å². The molecule has 1 rings (SSSR count). The summed E-state index contributed by atoms with van der Waals surface area (Å²) in [6, 6.07) is 9.09. The van der Waals surface area contributed by atoms with Crippen molar-refractivity contribution in [2.24, 2.45) is 0 Å². The van der Waals surface area contributed by atoms with Gasteiger partial charge < -0.3 is 4.74 Å². The summed E-state index contributed by atoms with van der Waals surface area (Å²) < 4.78 is 15.0. The Bertz CT molecular complexity index is 474. The summed E-state index contributed by atoms with van der Waals surface area (Å²) in [4.78, 5) is 21.4. The van der Waals surface area contributed by atoms with E-state index in [0.717, 1.165) is 16.9 Å². The number of benzene rings is 1. The highest BCUT2D eigenvalue weighted by Gasteiger charge is 2.34. The van der Waals surface area contributed by atoms with E-state index >= 15 is 0 Å². The molecule has 0 aromatic heterocycles. The van der Waals surface area contributed by atoms with E-state index in [1.54, 1.807) is 19.1 Å². The predicted molar refractivity (Wildman–Crippen MR) is 83.9 cm³/mol. The molecule has 0 N–H and O–H groups in total. The Kier molecular flexibility index (Phi) is 8.43. The van der Waals surface area contributed by atoms with E-state index in [1.807, 2.05) is 18.2 Å². The summed E-state index contributed by atoms with van der Waals surface area (Å²) in [5.74, 6) is -0.428. The Hall–Kier alpha value is -0.470. The zero-order valence-corrected chi connectivity index (χ0v) is 14.4. The van der Waals surface area contributed by atoms with Crippen molar-refractivity contribution in [1.82, 2.24) is 0 Å². The van der Waals surface area contributed by atoms with Gasteiger partial charge in [0.25, 0.3) is 0 Å². The van der Waals surface area contributed by atoms with Crippen molar-refractivity contribution in [3.05, 3.63) is 35.9 Å². The second-order valence-electron chi connectivity index (χ2n) is 3.58. The molecule has 1 aromatic carbocycles. The average molecular weight is 352 g/mol. The number of esters is 1. The summed E-state index contributed by atoms with van der Waals surface area (Å²) in [6.07, 6.45) is 0. The van der Waals surface area contributed by atoms with Crippen LogP contribution in [0.3, 0.4) is 0 Å². The van der Waals surface area contributed by atoms with Crippen LogP contribution in [0.5, 0.6) is 0 Å². The highest BCUT2D eigenvalue weighted by molar-refractivity contribution is 8.68. The molecule has 0 aliphatic heterocycles. The Balaban J connectivity index is 3.01. The minimum absolute atomic E-state index is 0.266. The molecule has 0 saturated carbocycles. The van der Waals surface area contributed by atoms with Crippen LogP contribution in [-0.2, 0) is 40.5 Å². The zero-order valence-electron chi connectivity index (χ0n) is 11.9. The third kappa shape index (κ3) is 6.04. The summed E-state index contributed by atoms with van der Waals surface area (Å²) in [6.45, 7) is 2.00. The molecule has 0 amide bonds. The number of hydrogen-bond acceptors (Lipinski definition) is 8. The summed E-state index contributed by atoms with van der Waals surface area (Å²) in [5.41, 5.74) is -2.28. The Labute approximate surface area is 132 Å². The number of hydrogen-bond donors (Lipinski definition) is 0. The number of carbonyl (C=O) groups is 1. The molecular weight excluding hydrogens is 335 g/mol. The topological polar surface area (TPSA) is 63.2 Å². The lowest BCUT2D eigenvalue weighted by atomic mass is 10.1. The van der Waals surface area contributed by atoms with Crippen LogP contribution in [0.25, 0.3) is 0 Å². The molecule has 1 atom stereocenters. The average Bonchev–Trinajstić information content (AvgIpc) is 2.46. The fourth-order valence-corrected chi connectivity index (χ4v) is 5.71. The van der Waals surface area contributed by atoms with Crippen LogP contribution in [0.1, 0.15) is 17.7 Å². The zero-order chi connectivity index (χ0) is 15.7. The van der Waals surface area contributed by atoms with Gasteiger partial charge in [0.2, 0.25) is 0 Å². The molecule has 0 radical (unpaired) electrons. The van der Waals surface area contributed by atoms with Gasteiger partial charge in [0.05, 0.1) is 20.8 Å². The van der Waals surface area contributed by atoms with Gasteiger partial charge in [-0.1, -0.05) is 30.3 Å². The molecule has 0 bridgehead atoms. The SMILES string of the molecule is CCOC(=O)C(SP(=S)(OOC)OOC)c1ccccc1. The first-order chi connectivity index (χ1) is 10.1. The lowest BCUT2D eigenvalue weighted by Crippen LogP contribution is -2.13. The second kappa shape index (κ2) is 9.53. The first-order valence-electron chi connectivity index (χ1n) is 6.01. The van der Waals surface area contributed by atoms with E-state index in [-0.39, 0.29) is 6.61 Å². The van der Waals surface area contributed by atoms with Crippen LogP contribution in [-0.4, -0.2) is 26.8 Å². The largest absolute Gasteiger partial charge is 0.465 e. The molecule has 0 aliphatic rings. The quantitative estimate of drug-likeness (QED) is 0.290. The minimum atomic E-state index is -3.01. The van der Waals surface area contributed by atoms with Crippen LogP contribution < -0.4 is 0 Å². The molecule has 6 nitrogen and oxygen atoms in total. The maximum absolute atomic E-state index is 12.2. The molecule has 0 heterocycles. The van der Waals surface area contributed by atoms with Gasteiger partial charge in [-0.05, 0) is 35.7 Å². The third-order valence-corrected chi connectivity index (χ3v) is 6.68. The van der Waals surface area contributed by atoms with Gasteiger partial charge in [-0.25, -0.2) is 9.78 Å². The number of carbonyl (C=O) groups excluding carboxylic acids is 1. The predicted octanol–water partition coefficient (Wildman–Crippen LogP) is 3.40. The van der Waals surface area contributed by atoms with Crippen molar-refractivity contribution in [3.63, 3.8) is 0 Å². The highest BCUT2D eigenvalue weighted by Crippen LogP contribution is 2.66.